The van der Waals surface area contributed by atoms with E-state index in [9.17, 15) is 4.79 Å². The van der Waals surface area contributed by atoms with Gasteiger partial charge in [-0.05, 0) is 33.9 Å². The number of ketones is 1. The molecule has 2 N–H and O–H groups in total. The molecule has 0 radical (unpaired) electrons. The molecular formula is C14H23N3O2. The second-order valence-electron chi connectivity index (χ2n) is 6.38. The van der Waals surface area contributed by atoms with Crippen molar-refractivity contribution in [2.75, 3.05) is 13.1 Å². The third-order valence-corrected chi connectivity index (χ3v) is 3.37. The molecule has 2 heterocycles. The van der Waals surface area contributed by atoms with Crippen molar-refractivity contribution < 1.29 is 9.53 Å². The van der Waals surface area contributed by atoms with Gasteiger partial charge in [0.05, 0.1) is 6.42 Å². The Morgan fingerprint density at radius 2 is 2.00 bits per heavy atom. The monoisotopic (exact) mass is 265 g/mol. The lowest BCUT2D eigenvalue weighted by Crippen LogP contribution is -2.50. The van der Waals surface area contributed by atoms with Crippen LogP contribution in [0, 0.1) is 0 Å². The second kappa shape index (κ2) is 4.96. The molecule has 0 aromatic rings. The zero-order valence-corrected chi connectivity index (χ0v) is 12.0. The Morgan fingerprint density at radius 1 is 1.37 bits per heavy atom. The molecule has 1 spiro atoms. The maximum Gasteiger partial charge on any atom is 0.190 e. The predicted molar refractivity (Wildman–Crippen MR) is 75.0 cm³/mol. The number of hydrazone groups is 1. The third kappa shape index (κ3) is 3.35. The van der Waals surface area contributed by atoms with Crippen LogP contribution in [-0.4, -0.2) is 35.7 Å². The number of nitrogens with one attached hydrogen (secondary N) is 2. The van der Waals surface area contributed by atoms with Crippen molar-refractivity contribution in [3.63, 3.8) is 0 Å². The molecule has 19 heavy (non-hydrogen) atoms. The predicted octanol–water partition coefficient (Wildman–Crippen LogP) is 1.36. The van der Waals surface area contributed by atoms with Gasteiger partial charge in [0.2, 0.25) is 0 Å². The van der Waals surface area contributed by atoms with Crippen LogP contribution in [0.4, 0.5) is 0 Å². The van der Waals surface area contributed by atoms with Gasteiger partial charge < -0.3 is 15.5 Å². The molecule has 0 unspecified atom stereocenters. The number of nitrogens with zero attached hydrogens (tertiary/aromatic N) is 1. The van der Waals surface area contributed by atoms with Crippen LogP contribution in [0.1, 0.15) is 40.0 Å². The van der Waals surface area contributed by atoms with E-state index < -0.39 is 0 Å². The molecule has 2 aliphatic rings. The van der Waals surface area contributed by atoms with Crippen LogP contribution in [0.15, 0.2) is 17.4 Å². The van der Waals surface area contributed by atoms with E-state index in [1.807, 2.05) is 20.8 Å². The lowest BCUT2D eigenvalue weighted by atomic mass is 9.83. The Morgan fingerprint density at radius 3 is 2.53 bits per heavy atom. The molecule has 0 aromatic carbocycles. The van der Waals surface area contributed by atoms with Crippen LogP contribution >= 0.6 is 0 Å². The van der Waals surface area contributed by atoms with E-state index in [0.29, 0.717) is 17.9 Å². The van der Waals surface area contributed by atoms with Crippen LogP contribution in [0.25, 0.3) is 0 Å². The molecule has 106 valence electrons. The van der Waals surface area contributed by atoms with Gasteiger partial charge in [-0.2, -0.15) is 5.10 Å². The van der Waals surface area contributed by atoms with Crippen molar-refractivity contribution in [2.24, 2.45) is 5.10 Å². The van der Waals surface area contributed by atoms with Crippen molar-refractivity contribution in [1.29, 1.82) is 0 Å². The van der Waals surface area contributed by atoms with Crippen molar-refractivity contribution in [3.8, 4) is 0 Å². The molecule has 5 heteroatoms. The Kier molecular flexibility index (Phi) is 3.67. The Labute approximate surface area is 114 Å². The van der Waals surface area contributed by atoms with E-state index in [1.165, 1.54) is 0 Å². The number of Topliss-reactive ketones (excluding diaryl/α,β-unsaturated/α-hetero) is 1. The highest BCUT2D eigenvalue weighted by Crippen LogP contribution is 2.34. The standard InChI is InChI=1S/C14H23N3O2/c1-10-12(16-17-13(2,3)4)11(18)9-14(19-10)5-7-15-8-6-14/h15,17H,1,5-9H2,2-4H3/b16-12+. The maximum atomic E-state index is 12.3. The van der Waals surface area contributed by atoms with Gasteiger partial charge >= 0.3 is 0 Å². The van der Waals surface area contributed by atoms with Crippen LogP contribution < -0.4 is 10.7 Å². The van der Waals surface area contributed by atoms with E-state index >= 15 is 0 Å². The van der Waals surface area contributed by atoms with E-state index in [1.54, 1.807) is 0 Å². The van der Waals surface area contributed by atoms with Gasteiger partial charge in [0.1, 0.15) is 11.4 Å². The molecule has 0 bridgehead atoms. The minimum Gasteiger partial charge on any atom is -0.485 e. The van der Waals surface area contributed by atoms with E-state index in [2.05, 4.69) is 22.4 Å². The highest BCUT2D eigenvalue weighted by atomic mass is 16.5. The summed E-state index contributed by atoms with van der Waals surface area (Å²) in [5.74, 6) is 0.421. The maximum absolute atomic E-state index is 12.3. The summed E-state index contributed by atoms with van der Waals surface area (Å²) in [6.45, 7) is 11.6. The third-order valence-electron chi connectivity index (χ3n) is 3.37. The van der Waals surface area contributed by atoms with Crippen molar-refractivity contribution in [1.82, 2.24) is 10.7 Å². The van der Waals surface area contributed by atoms with Gasteiger partial charge in [-0.3, -0.25) is 4.79 Å². The Balaban J connectivity index is 2.11. The summed E-state index contributed by atoms with van der Waals surface area (Å²) in [6.07, 6.45) is 2.09. The molecule has 5 nitrogen and oxygen atoms in total. The number of hydrogen-bond acceptors (Lipinski definition) is 5. The fourth-order valence-corrected chi connectivity index (χ4v) is 2.39. The fourth-order valence-electron chi connectivity index (χ4n) is 2.39. The molecule has 2 rings (SSSR count). The number of rotatable bonds is 1. The van der Waals surface area contributed by atoms with Gasteiger partial charge in [-0.1, -0.05) is 6.58 Å². The molecular weight excluding hydrogens is 242 g/mol. The van der Waals surface area contributed by atoms with E-state index in [-0.39, 0.29) is 16.9 Å². The fraction of sp³-hybridized carbons (Fsp3) is 0.714. The molecule has 0 aliphatic carbocycles. The lowest BCUT2D eigenvalue weighted by Gasteiger charge is -2.41. The molecule has 0 atom stereocenters. The first-order valence-electron chi connectivity index (χ1n) is 6.78. The topological polar surface area (TPSA) is 62.7 Å². The highest BCUT2D eigenvalue weighted by molar-refractivity contribution is 6.46. The van der Waals surface area contributed by atoms with Crippen LogP contribution in [0.5, 0.6) is 0 Å². The van der Waals surface area contributed by atoms with Gasteiger partial charge in [0, 0.05) is 18.4 Å². The summed E-state index contributed by atoms with van der Waals surface area (Å²) < 4.78 is 5.94. The minimum absolute atomic E-state index is 0.0231. The molecule has 2 fully saturated rings. The summed E-state index contributed by atoms with van der Waals surface area (Å²) in [7, 11) is 0. The summed E-state index contributed by atoms with van der Waals surface area (Å²) >= 11 is 0. The largest absolute Gasteiger partial charge is 0.485 e. The summed E-state index contributed by atoms with van der Waals surface area (Å²) in [5.41, 5.74) is 2.75. The van der Waals surface area contributed by atoms with Gasteiger partial charge in [0.15, 0.2) is 11.5 Å². The van der Waals surface area contributed by atoms with E-state index in [0.717, 1.165) is 25.9 Å². The van der Waals surface area contributed by atoms with Crippen LogP contribution in [-0.2, 0) is 9.53 Å². The van der Waals surface area contributed by atoms with Crippen molar-refractivity contribution >= 4 is 11.5 Å². The summed E-state index contributed by atoms with van der Waals surface area (Å²) in [4.78, 5) is 12.3. The first-order valence-corrected chi connectivity index (χ1v) is 6.78. The number of carbonyl (C=O) groups excluding carboxylic acids is 1. The van der Waals surface area contributed by atoms with Crippen molar-refractivity contribution in [3.05, 3.63) is 12.3 Å². The molecule has 2 saturated heterocycles. The summed E-state index contributed by atoms with van der Waals surface area (Å²) in [5, 5.41) is 7.45. The number of allylic oxidation sites excluding steroid dienone is 1. The number of piperidine rings is 1. The first kappa shape index (κ1) is 14.1. The average molecular weight is 265 g/mol. The molecule has 2 aliphatic heterocycles. The lowest BCUT2D eigenvalue weighted by molar-refractivity contribution is -0.123. The number of hydrogen-bond donors (Lipinski definition) is 2. The number of carbonyl (C=O) groups is 1. The highest BCUT2D eigenvalue weighted by Gasteiger charge is 2.43. The first-order chi connectivity index (χ1) is 8.81. The second-order valence-corrected chi connectivity index (χ2v) is 6.38. The normalized spacial score (nSPS) is 25.5. The average Bonchev–Trinajstić information content (AvgIpc) is 2.27. The molecule has 0 amide bonds. The van der Waals surface area contributed by atoms with Crippen LogP contribution in [0.2, 0.25) is 0 Å². The van der Waals surface area contributed by atoms with Gasteiger partial charge in [-0.15, -0.1) is 0 Å². The van der Waals surface area contributed by atoms with Crippen molar-refractivity contribution in [2.45, 2.75) is 51.2 Å². The zero-order valence-electron chi connectivity index (χ0n) is 12.0. The smallest absolute Gasteiger partial charge is 0.190 e. The number of ether oxygens (including phenoxy) is 1. The Hall–Kier alpha value is -1.36. The van der Waals surface area contributed by atoms with Gasteiger partial charge in [-0.25, -0.2) is 0 Å². The molecule has 0 saturated carbocycles. The zero-order chi connectivity index (χ0) is 14.1. The summed E-state index contributed by atoms with van der Waals surface area (Å²) in [6, 6.07) is 0. The minimum atomic E-state index is -0.361. The van der Waals surface area contributed by atoms with Crippen LogP contribution in [0.3, 0.4) is 0 Å². The van der Waals surface area contributed by atoms with Gasteiger partial charge in [0.25, 0.3) is 0 Å². The molecule has 0 aromatic heterocycles. The van der Waals surface area contributed by atoms with E-state index in [4.69, 9.17) is 4.74 Å². The SMILES string of the molecule is C=C1OC2(CCNCC2)CC(=O)/C1=N/NC(C)(C)C. The quantitative estimate of drug-likeness (QED) is 0.703. The Bertz CT molecular complexity index is 393.